The molecule has 1 aromatic heterocycles. The number of aromatic nitrogens is 1. The molecule has 0 aliphatic heterocycles. The molecule has 4 heteroatoms. The van der Waals surface area contributed by atoms with Crippen LogP contribution in [0.5, 0.6) is 5.75 Å². The van der Waals surface area contributed by atoms with Crippen LogP contribution >= 0.6 is 11.3 Å². The first-order chi connectivity index (χ1) is 10.4. The Balaban J connectivity index is 1.77. The highest BCUT2D eigenvalue weighted by atomic mass is 32.1. The van der Waals surface area contributed by atoms with Crippen LogP contribution in [0.3, 0.4) is 0 Å². The normalized spacial score (nSPS) is 10.7. The summed E-state index contributed by atoms with van der Waals surface area (Å²) in [5.74, 6) is 0.873. The zero-order valence-corrected chi connectivity index (χ0v) is 12.8. The van der Waals surface area contributed by atoms with Gasteiger partial charge in [0.15, 0.2) is 5.13 Å². The topological polar surface area (TPSA) is 34.1 Å². The fourth-order valence-corrected chi connectivity index (χ4v) is 2.98. The molecule has 0 saturated heterocycles. The molecule has 0 amide bonds. The maximum absolute atomic E-state index is 5.76. The molecule has 0 spiro atoms. The third-order valence-corrected chi connectivity index (χ3v) is 4.11. The lowest BCUT2D eigenvalue weighted by Crippen LogP contribution is -1.98. The van der Waals surface area contributed by atoms with Crippen LogP contribution in [0, 0.1) is 0 Å². The van der Waals surface area contributed by atoms with Crippen LogP contribution in [0.2, 0.25) is 0 Å². The summed E-state index contributed by atoms with van der Waals surface area (Å²) in [4.78, 5) is 4.66. The third-order valence-electron chi connectivity index (χ3n) is 3.13. The Labute approximate surface area is 128 Å². The van der Waals surface area contributed by atoms with Crippen molar-refractivity contribution in [2.24, 2.45) is 0 Å². The summed E-state index contributed by atoms with van der Waals surface area (Å²) in [5, 5.41) is 4.32. The number of nitrogens with zero attached hydrogens (tertiary/aromatic N) is 1. The van der Waals surface area contributed by atoms with Gasteiger partial charge in [-0.2, -0.15) is 0 Å². The van der Waals surface area contributed by atoms with E-state index < -0.39 is 0 Å². The number of ether oxygens (including phenoxy) is 1. The van der Waals surface area contributed by atoms with Crippen molar-refractivity contribution in [1.29, 1.82) is 0 Å². The van der Waals surface area contributed by atoms with Crippen LogP contribution in [-0.4, -0.2) is 11.6 Å². The quantitative estimate of drug-likeness (QED) is 0.716. The SMILES string of the molecule is CCCOc1cccc2sc(NCc3ccccc3)nc12. The predicted molar refractivity (Wildman–Crippen MR) is 89.2 cm³/mol. The van der Waals surface area contributed by atoms with Gasteiger partial charge >= 0.3 is 0 Å². The maximum atomic E-state index is 5.76. The van der Waals surface area contributed by atoms with E-state index in [-0.39, 0.29) is 0 Å². The van der Waals surface area contributed by atoms with Crippen LogP contribution in [0.4, 0.5) is 5.13 Å². The number of benzene rings is 2. The summed E-state index contributed by atoms with van der Waals surface area (Å²) in [6.07, 6.45) is 1.000. The van der Waals surface area contributed by atoms with Crippen LogP contribution < -0.4 is 10.1 Å². The zero-order valence-electron chi connectivity index (χ0n) is 12.0. The van der Waals surface area contributed by atoms with Crippen molar-refractivity contribution in [3.63, 3.8) is 0 Å². The smallest absolute Gasteiger partial charge is 0.184 e. The molecule has 1 heterocycles. The minimum Gasteiger partial charge on any atom is -0.491 e. The van der Waals surface area contributed by atoms with Crippen molar-refractivity contribution in [3.05, 3.63) is 54.1 Å². The molecule has 0 aliphatic carbocycles. The molecule has 21 heavy (non-hydrogen) atoms. The number of thiazole rings is 1. The Morgan fingerprint density at radius 3 is 2.76 bits per heavy atom. The first-order valence-corrected chi connectivity index (χ1v) is 7.98. The van der Waals surface area contributed by atoms with Crippen LogP contribution in [-0.2, 0) is 6.54 Å². The van der Waals surface area contributed by atoms with Gasteiger partial charge in [-0.3, -0.25) is 0 Å². The van der Waals surface area contributed by atoms with Crippen molar-refractivity contribution < 1.29 is 4.74 Å². The first kappa shape index (κ1) is 13.9. The van der Waals surface area contributed by atoms with Gasteiger partial charge in [-0.15, -0.1) is 0 Å². The minimum atomic E-state index is 0.726. The van der Waals surface area contributed by atoms with Gasteiger partial charge in [0.05, 0.1) is 11.3 Å². The van der Waals surface area contributed by atoms with Crippen LogP contribution in [0.15, 0.2) is 48.5 Å². The van der Waals surface area contributed by atoms with E-state index >= 15 is 0 Å². The number of hydrogen-bond acceptors (Lipinski definition) is 4. The summed E-state index contributed by atoms with van der Waals surface area (Å²) in [6, 6.07) is 16.4. The molecule has 0 unspecified atom stereocenters. The van der Waals surface area contributed by atoms with Crippen LogP contribution in [0.1, 0.15) is 18.9 Å². The lowest BCUT2D eigenvalue weighted by molar-refractivity contribution is 0.320. The van der Waals surface area contributed by atoms with Gasteiger partial charge in [0.1, 0.15) is 11.3 Å². The highest BCUT2D eigenvalue weighted by Gasteiger charge is 2.08. The molecule has 3 aromatic rings. The van der Waals surface area contributed by atoms with E-state index in [0.717, 1.165) is 40.7 Å². The van der Waals surface area contributed by atoms with E-state index in [1.165, 1.54) is 5.56 Å². The lowest BCUT2D eigenvalue weighted by Gasteiger charge is -2.04. The Morgan fingerprint density at radius 2 is 1.95 bits per heavy atom. The maximum Gasteiger partial charge on any atom is 0.184 e. The third kappa shape index (κ3) is 3.34. The average Bonchev–Trinajstić information content (AvgIpc) is 2.95. The van der Waals surface area contributed by atoms with Gasteiger partial charge in [0.2, 0.25) is 0 Å². The first-order valence-electron chi connectivity index (χ1n) is 7.17. The number of fused-ring (bicyclic) bond motifs is 1. The van der Waals surface area contributed by atoms with Gasteiger partial charge < -0.3 is 10.1 Å². The van der Waals surface area contributed by atoms with E-state index in [0.29, 0.717) is 0 Å². The molecular formula is C17H18N2OS. The number of rotatable bonds is 6. The summed E-state index contributed by atoms with van der Waals surface area (Å²) < 4.78 is 6.91. The molecule has 0 saturated carbocycles. The summed E-state index contributed by atoms with van der Waals surface area (Å²) in [6.45, 7) is 3.61. The molecule has 2 aromatic carbocycles. The highest BCUT2D eigenvalue weighted by Crippen LogP contribution is 2.32. The molecule has 0 aliphatic rings. The number of hydrogen-bond donors (Lipinski definition) is 1. The predicted octanol–water partition coefficient (Wildman–Crippen LogP) is 4.70. The molecule has 0 atom stereocenters. The fourth-order valence-electron chi connectivity index (χ4n) is 2.10. The number of nitrogens with one attached hydrogen (secondary N) is 1. The van der Waals surface area contributed by atoms with E-state index in [2.05, 4.69) is 35.4 Å². The summed E-state index contributed by atoms with van der Waals surface area (Å²) in [7, 11) is 0. The highest BCUT2D eigenvalue weighted by molar-refractivity contribution is 7.22. The van der Waals surface area contributed by atoms with Crippen molar-refractivity contribution in [1.82, 2.24) is 4.98 Å². The van der Waals surface area contributed by atoms with Gasteiger partial charge in [-0.05, 0) is 24.1 Å². The monoisotopic (exact) mass is 298 g/mol. The number of anilines is 1. The van der Waals surface area contributed by atoms with Gasteiger partial charge in [-0.25, -0.2) is 4.98 Å². The molecule has 0 bridgehead atoms. The molecule has 108 valence electrons. The molecule has 3 nitrogen and oxygen atoms in total. The van der Waals surface area contributed by atoms with Crippen molar-refractivity contribution >= 4 is 26.7 Å². The molecule has 0 fully saturated rings. The van der Waals surface area contributed by atoms with Crippen molar-refractivity contribution in [3.8, 4) is 5.75 Å². The second-order valence-corrected chi connectivity index (χ2v) is 5.84. The van der Waals surface area contributed by atoms with Crippen molar-refractivity contribution in [2.75, 3.05) is 11.9 Å². The largest absolute Gasteiger partial charge is 0.491 e. The standard InChI is InChI=1S/C17H18N2OS/c1-2-11-20-14-9-6-10-15-16(14)19-17(21-15)18-12-13-7-4-3-5-8-13/h3-10H,2,11-12H2,1H3,(H,18,19). The second kappa shape index (κ2) is 6.59. The van der Waals surface area contributed by atoms with Gasteiger partial charge in [-0.1, -0.05) is 54.7 Å². The van der Waals surface area contributed by atoms with E-state index in [1.807, 2.05) is 30.3 Å². The van der Waals surface area contributed by atoms with E-state index in [4.69, 9.17) is 4.74 Å². The fraction of sp³-hybridized carbons (Fsp3) is 0.235. The number of para-hydroxylation sites is 1. The van der Waals surface area contributed by atoms with Crippen LogP contribution in [0.25, 0.3) is 10.2 Å². The molecular weight excluding hydrogens is 280 g/mol. The lowest BCUT2D eigenvalue weighted by atomic mass is 10.2. The minimum absolute atomic E-state index is 0.726. The van der Waals surface area contributed by atoms with Crippen molar-refractivity contribution in [2.45, 2.75) is 19.9 Å². The second-order valence-electron chi connectivity index (χ2n) is 4.81. The Hall–Kier alpha value is -2.07. The van der Waals surface area contributed by atoms with Gasteiger partial charge in [0, 0.05) is 6.54 Å². The summed E-state index contributed by atoms with van der Waals surface area (Å²) >= 11 is 1.66. The Bertz CT molecular complexity index is 709. The van der Waals surface area contributed by atoms with Gasteiger partial charge in [0.25, 0.3) is 0 Å². The molecule has 3 rings (SSSR count). The summed E-state index contributed by atoms with van der Waals surface area (Å²) in [5.41, 5.74) is 2.20. The van der Waals surface area contributed by atoms with E-state index in [1.54, 1.807) is 11.3 Å². The Kier molecular flexibility index (Phi) is 4.36. The Morgan fingerprint density at radius 1 is 1.10 bits per heavy atom. The zero-order chi connectivity index (χ0) is 14.5. The average molecular weight is 298 g/mol. The molecule has 1 N–H and O–H groups in total. The molecule has 0 radical (unpaired) electrons. The van der Waals surface area contributed by atoms with E-state index in [9.17, 15) is 0 Å².